The predicted octanol–water partition coefficient (Wildman–Crippen LogP) is 0.271. The minimum atomic E-state index is -3.78. The van der Waals surface area contributed by atoms with Gasteiger partial charge in [0.05, 0.1) is 12.0 Å². The zero-order valence-corrected chi connectivity index (χ0v) is 13.8. The maximum atomic E-state index is 12.0. The molecule has 0 saturated carbocycles. The van der Waals surface area contributed by atoms with Crippen molar-refractivity contribution in [2.45, 2.75) is 4.90 Å². The number of rotatable bonds is 5. The Morgan fingerprint density at radius 1 is 1.08 bits per heavy atom. The van der Waals surface area contributed by atoms with E-state index in [9.17, 15) is 18.0 Å². The largest absolute Gasteiger partial charge is 0.357 e. The number of hydrogen-bond donors (Lipinski definition) is 3. The monoisotopic (exact) mass is 352 g/mol. The Morgan fingerprint density at radius 2 is 1.71 bits per heavy atom. The number of H-pyrrole nitrogens is 1. The number of benzene rings is 1. The van der Waals surface area contributed by atoms with Gasteiger partial charge in [-0.05, 0) is 36.4 Å². The van der Waals surface area contributed by atoms with Crippen molar-refractivity contribution < 1.29 is 22.8 Å². The average Bonchev–Trinajstić information content (AvgIpc) is 3.13. The van der Waals surface area contributed by atoms with Crippen LogP contribution in [0.1, 0.15) is 20.8 Å². The highest BCUT2D eigenvalue weighted by atomic mass is 32.2. The lowest BCUT2D eigenvalue weighted by Crippen LogP contribution is -2.41. The molecule has 0 saturated heterocycles. The van der Waals surface area contributed by atoms with Crippen LogP contribution in [0.4, 0.5) is 0 Å². The molecule has 3 N–H and O–H groups in total. The van der Waals surface area contributed by atoms with Gasteiger partial charge in [0.2, 0.25) is 0 Å². The van der Waals surface area contributed by atoms with Gasteiger partial charge in [-0.15, -0.1) is 0 Å². The quantitative estimate of drug-likeness (QED) is 0.667. The van der Waals surface area contributed by atoms with Gasteiger partial charge in [-0.3, -0.25) is 25.3 Å². The molecule has 128 valence electrons. The van der Waals surface area contributed by atoms with E-state index in [0.29, 0.717) is 10.2 Å². The van der Waals surface area contributed by atoms with Crippen LogP contribution in [0.5, 0.6) is 0 Å². The Balaban J connectivity index is 2.02. The maximum Gasteiger partial charge on any atom is 0.286 e. The van der Waals surface area contributed by atoms with Gasteiger partial charge < -0.3 is 4.98 Å². The van der Waals surface area contributed by atoms with Crippen molar-refractivity contribution in [3.05, 3.63) is 53.9 Å². The second kappa shape index (κ2) is 7.25. The van der Waals surface area contributed by atoms with E-state index < -0.39 is 21.8 Å². The number of carbonyl (C=O) groups is 2. The van der Waals surface area contributed by atoms with E-state index in [2.05, 4.69) is 20.7 Å². The summed E-state index contributed by atoms with van der Waals surface area (Å²) in [6.45, 7) is 0. The zero-order valence-electron chi connectivity index (χ0n) is 12.9. The van der Waals surface area contributed by atoms with E-state index in [1.165, 1.54) is 38.4 Å². The first-order valence-corrected chi connectivity index (χ1v) is 8.17. The van der Waals surface area contributed by atoms with Gasteiger partial charge in [0.15, 0.2) is 0 Å². The first-order chi connectivity index (χ1) is 11.4. The molecule has 0 aliphatic heterocycles. The second-order valence-corrected chi connectivity index (χ2v) is 6.55. The lowest BCUT2D eigenvalue weighted by molar-refractivity contribution is -0.0258. The molecule has 0 aliphatic rings. The molecule has 0 unspecified atom stereocenters. The smallest absolute Gasteiger partial charge is 0.286 e. The van der Waals surface area contributed by atoms with Crippen molar-refractivity contribution in [3.63, 3.8) is 0 Å². The molecule has 9 nitrogen and oxygen atoms in total. The summed E-state index contributed by atoms with van der Waals surface area (Å²) in [6, 6.07) is 8.39. The molecular weight excluding hydrogens is 336 g/mol. The van der Waals surface area contributed by atoms with Crippen molar-refractivity contribution in [2.75, 3.05) is 14.2 Å². The molecular formula is C14H16N4O5S. The predicted molar refractivity (Wildman–Crippen MR) is 84.1 cm³/mol. The minimum absolute atomic E-state index is 0.0289. The number of hydroxylamine groups is 1. The summed E-state index contributed by atoms with van der Waals surface area (Å²) in [5.41, 5.74) is 4.95. The number of carbonyl (C=O) groups excluding carboxylic acids is 2. The Kier molecular flexibility index (Phi) is 5.34. The van der Waals surface area contributed by atoms with Crippen LogP contribution >= 0.6 is 0 Å². The Morgan fingerprint density at radius 3 is 2.25 bits per heavy atom. The van der Waals surface area contributed by atoms with Crippen molar-refractivity contribution >= 4 is 21.8 Å². The van der Waals surface area contributed by atoms with Crippen LogP contribution in [0.2, 0.25) is 0 Å². The Hall–Kier alpha value is -2.69. The summed E-state index contributed by atoms with van der Waals surface area (Å²) in [6.07, 6.45) is 1.58. The van der Waals surface area contributed by atoms with E-state index in [0.717, 1.165) is 0 Å². The standard InChI is InChI=1S/C14H16N4O5S/c1-18(23-2)24(21,22)11-7-5-10(6-8-11)13(19)16-17-14(20)12-4-3-9-15-12/h3-9,15H,1-2H3,(H,16,19)(H,17,20). The third-order valence-electron chi connectivity index (χ3n) is 3.14. The fourth-order valence-electron chi connectivity index (χ4n) is 1.75. The van der Waals surface area contributed by atoms with Gasteiger partial charge in [-0.1, -0.05) is 4.47 Å². The average molecular weight is 352 g/mol. The van der Waals surface area contributed by atoms with E-state index in [1.54, 1.807) is 18.3 Å². The second-order valence-electron chi connectivity index (χ2n) is 4.61. The zero-order chi connectivity index (χ0) is 17.7. The fourth-order valence-corrected chi connectivity index (χ4v) is 2.72. The van der Waals surface area contributed by atoms with Gasteiger partial charge in [-0.25, -0.2) is 8.42 Å². The van der Waals surface area contributed by atoms with Crippen molar-refractivity contribution in [2.24, 2.45) is 0 Å². The number of aromatic nitrogens is 1. The van der Waals surface area contributed by atoms with Gasteiger partial charge in [0, 0.05) is 18.8 Å². The van der Waals surface area contributed by atoms with E-state index >= 15 is 0 Å². The third-order valence-corrected chi connectivity index (χ3v) is 4.84. The van der Waals surface area contributed by atoms with Crippen LogP contribution in [0.3, 0.4) is 0 Å². The first kappa shape index (κ1) is 17.7. The van der Waals surface area contributed by atoms with Crippen LogP contribution in [0, 0.1) is 0 Å². The molecule has 2 rings (SSSR count). The number of amides is 2. The van der Waals surface area contributed by atoms with Gasteiger partial charge >= 0.3 is 0 Å². The van der Waals surface area contributed by atoms with E-state index in [-0.39, 0.29) is 10.5 Å². The summed E-state index contributed by atoms with van der Waals surface area (Å²) in [5, 5.41) is 0. The van der Waals surface area contributed by atoms with Crippen LogP contribution in [-0.2, 0) is 14.9 Å². The van der Waals surface area contributed by atoms with Crippen LogP contribution in [0.15, 0.2) is 47.5 Å². The molecule has 2 aromatic rings. The van der Waals surface area contributed by atoms with E-state index in [4.69, 9.17) is 0 Å². The number of aromatic amines is 1. The molecule has 0 spiro atoms. The maximum absolute atomic E-state index is 12.0. The SMILES string of the molecule is CON(C)S(=O)(=O)c1ccc(C(=O)NNC(=O)c2ccc[nH]2)cc1. The van der Waals surface area contributed by atoms with Crippen LogP contribution in [0.25, 0.3) is 0 Å². The summed E-state index contributed by atoms with van der Waals surface area (Å²) in [5.74, 6) is -1.09. The highest BCUT2D eigenvalue weighted by molar-refractivity contribution is 7.89. The molecule has 0 radical (unpaired) electrons. The molecule has 2 amide bonds. The summed E-state index contributed by atoms with van der Waals surface area (Å²) >= 11 is 0. The van der Waals surface area contributed by atoms with Crippen LogP contribution in [-0.4, -0.2) is 43.8 Å². The molecule has 0 aliphatic carbocycles. The highest BCUT2D eigenvalue weighted by Gasteiger charge is 2.21. The number of nitrogens with zero attached hydrogens (tertiary/aromatic N) is 1. The normalized spacial score (nSPS) is 11.3. The minimum Gasteiger partial charge on any atom is -0.357 e. The molecule has 24 heavy (non-hydrogen) atoms. The topological polar surface area (TPSA) is 121 Å². The van der Waals surface area contributed by atoms with Gasteiger partial charge in [0.1, 0.15) is 5.69 Å². The summed E-state index contributed by atoms with van der Waals surface area (Å²) < 4.78 is 24.8. The number of hydrogen-bond acceptors (Lipinski definition) is 5. The Labute approximate surface area is 138 Å². The molecule has 1 aromatic carbocycles. The first-order valence-electron chi connectivity index (χ1n) is 6.73. The van der Waals surface area contributed by atoms with Crippen molar-refractivity contribution in [1.82, 2.24) is 20.3 Å². The van der Waals surface area contributed by atoms with Crippen molar-refractivity contribution in [1.29, 1.82) is 0 Å². The molecule has 10 heteroatoms. The van der Waals surface area contributed by atoms with Gasteiger partial charge in [0.25, 0.3) is 21.8 Å². The highest BCUT2D eigenvalue weighted by Crippen LogP contribution is 2.15. The van der Waals surface area contributed by atoms with Crippen LogP contribution < -0.4 is 10.9 Å². The molecule has 1 aromatic heterocycles. The van der Waals surface area contributed by atoms with Crippen molar-refractivity contribution in [3.8, 4) is 0 Å². The molecule has 1 heterocycles. The third kappa shape index (κ3) is 3.79. The number of hydrazine groups is 1. The fraction of sp³-hybridized carbons (Fsp3) is 0.143. The number of nitrogens with one attached hydrogen (secondary N) is 3. The molecule has 0 bridgehead atoms. The van der Waals surface area contributed by atoms with Gasteiger partial charge in [-0.2, -0.15) is 0 Å². The van der Waals surface area contributed by atoms with E-state index in [1.807, 2.05) is 0 Å². The summed E-state index contributed by atoms with van der Waals surface area (Å²) in [7, 11) is -1.30. The molecule has 0 atom stereocenters. The Bertz CT molecular complexity index is 815. The number of sulfonamides is 1. The molecule has 0 fully saturated rings. The lowest BCUT2D eigenvalue weighted by atomic mass is 10.2. The lowest BCUT2D eigenvalue weighted by Gasteiger charge is -2.14. The summed E-state index contributed by atoms with van der Waals surface area (Å²) in [4.78, 5) is 31.0.